The molecule has 1 unspecified atom stereocenters. The first-order chi connectivity index (χ1) is 16.1. The molecule has 5 rings (SSSR count). The molecule has 0 saturated carbocycles. The highest BCUT2D eigenvalue weighted by atomic mass is 16.3. The Hall–Kier alpha value is -4.01. The lowest BCUT2D eigenvalue weighted by Gasteiger charge is -2.41. The van der Waals surface area contributed by atoms with Gasteiger partial charge in [0.05, 0.1) is 12.5 Å². The number of furan rings is 1. The molecule has 0 N–H and O–H groups in total. The Labute approximate surface area is 190 Å². The van der Waals surface area contributed by atoms with Crippen molar-refractivity contribution in [1.82, 2.24) is 24.7 Å². The minimum atomic E-state index is -0.625. The average Bonchev–Trinajstić information content (AvgIpc) is 3.42. The van der Waals surface area contributed by atoms with Crippen LogP contribution >= 0.6 is 0 Å². The summed E-state index contributed by atoms with van der Waals surface area (Å²) in [5.74, 6) is -0.400. The summed E-state index contributed by atoms with van der Waals surface area (Å²) >= 11 is 0. The van der Waals surface area contributed by atoms with E-state index in [1.54, 1.807) is 26.8 Å². The third-order valence-electron chi connectivity index (χ3n) is 6.19. The fraction of sp³-hybridized carbons (Fsp3) is 0.292. The van der Waals surface area contributed by atoms with Crippen molar-refractivity contribution < 1.29 is 18.8 Å². The van der Waals surface area contributed by atoms with Gasteiger partial charge in [-0.3, -0.25) is 19.4 Å². The topological polar surface area (TPSA) is 99.9 Å². The molecule has 9 heteroatoms. The Morgan fingerprint density at radius 2 is 1.64 bits per heavy atom. The van der Waals surface area contributed by atoms with Crippen LogP contribution in [-0.2, 0) is 17.8 Å². The molecule has 1 saturated heterocycles. The van der Waals surface area contributed by atoms with E-state index in [1.165, 1.54) is 24.9 Å². The summed E-state index contributed by atoms with van der Waals surface area (Å²) in [6, 6.07) is 10.5. The number of carbonyl (C=O) groups is 3. The maximum atomic E-state index is 13.6. The summed E-state index contributed by atoms with van der Waals surface area (Å²) in [6.45, 7) is 1.93. The first kappa shape index (κ1) is 20.9. The van der Waals surface area contributed by atoms with E-state index in [4.69, 9.17) is 4.42 Å². The van der Waals surface area contributed by atoms with Crippen molar-refractivity contribution in [2.24, 2.45) is 0 Å². The lowest BCUT2D eigenvalue weighted by atomic mass is 9.92. The molecular weight excluding hydrogens is 422 g/mol. The van der Waals surface area contributed by atoms with Crippen molar-refractivity contribution in [2.75, 3.05) is 26.2 Å². The number of amides is 3. The number of piperazine rings is 1. The quantitative estimate of drug-likeness (QED) is 0.608. The number of benzene rings is 1. The summed E-state index contributed by atoms with van der Waals surface area (Å²) in [4.78, 5) is 52.4. The van der Waals surface area contributed by atoms with Crippen LogP contribution in [0.3, 0.4) is 0 Å². The molecular formula is C24H23N5O4. The van der Waals surface area contributed by atoms with Gasteiger partial charge in [0, 0.05) is 51.5 Å². The number of nitrogens with zero attached hydrogens (tertiary/aromatic N) is 5. The highest BCUT2D eigenvalue weighted by Crippen LogP contribution is 2.27. The van der Waals surface area contributed by atoms with E-state index in [2.05, 4.69) is 9.97 Å². The molecule has 3 amide bonds. The van der Waals surface area contributed by atoms with Crippen molar-refractivity contribution in [1.29, 1.82) is 0 Å². The van der Waals surface area contributed by atoms with Gasteiger partial charge >= 0.3 is 0 Å². The monoisotopic (exact) mass is 445 g/mol. The van der Waals surface area contributed by atoms with Crippen LogP contribution in [0.15, 0.2) is 65.7 Å². The second-order valence-electron chi connectivity index (χ2n) is 8.11. The van der Waals surface area contributed by atoms with E-state index < -0.39 is 6.04 Å². The Bertz CT molecular complexity index is 1160. The van der Waals surface area contributed by atoms with Crippen LogP contribution in [-0.4, -0.2) is 74.6 Å². The smallest absolute Gasteiger partial charge is 0.290 e. The molecule has 0 spiro atoms. The van der Waals surface area contributed by atoms with Crippen molar-refractivity contribution in [2.45, 2.75) is 19.0 Å². The summed E-state index contributed by atoms with van der Waals surface area (Å²) < 4.78 is 5.32. The highest BCUT2D eigenvalue weighted by molar-refractivity contribution is 5.96. The highest BCUT2D eigenvalue weighted by Gasteiger charge is 2.39. The molecule has 0 aliphatic carbocycles. The van der Waals surface area contributed by atoms with Crippen LogP contribution in [0.25, 0.3) is 0 Å². The molecule has 2 aliphatic heterocycles. The number of fused-ring (bicyclic) bond motifs is 1. The van der Waals surface area contributed by atoms with E-state index in [0.29, 0.717) is 39.1 Å². The summed E-state index contributed by atoms with van der Waals surface area (Å²) in [5.41, 5.74) is 2.38. The molecule has 1 aromatic carbocycles. The molecule has 33 heavy (non-hydrogen) atoms. The van der Waals surface area contributed by atoms with Crippen LogP contribution in [0.2, 0.25) is 0 Å². The predicted molar refractivity (Wildman–Crippen MR) is 117 cm³/mol. The Morgan fingerprint density at radius 1 is 0.879 bits per heavy atom. The van der Waals surface area contributed by atoms with Gasteiger partial charge in [-0.2, -0.15) is 0 Å². The van der Waals surface area contributed by atoms with E-state index >= 15 is 0 Å². The SMILES string of the molecule is O=C(c1cnccn1)N1CCN(C(=O)C2Cc3ccccc3CN2C(=O)c2ccco2)CC1. The molecule has 3 aromatic rings. The zero-order valence-electron chi connectivity index (χ0n) is 18.0. The lowest BCUT2D eigenvalue weighted by Crippen LogP contribution is -2.58. The molecule has 2 aromatic heterocycles. The van der Waals surface area contributed by atoms with Gasteiger partial charge in [-0.25, -0.2) is 4.98 Å². The first-order valence-corrected chi connectivity index (χ1v) is 10.9. The number of aromatic nitrogens is 2. The van der Waals surface area contributed by atoms with Gasteiger partial charge in [0.25, 0.3) is 11.8 Å². The van der Waals surface area contributed by atoms with Gasteiger partial charge in [0.2, 0.25) is 5.91 Å². The third-order valence-corrected chi connectivity index (χ3v) is 6.19. The molecule has 0 radical (unpaired) electrons. The Balaban J connectivity index is 1.32. The van der Waals surface area contributed by atoms with Crippen molar-refractivity contribution in [3.8, 4) is 0 Å². The van der Waals surface area contributed by atoms with Gasteiger partial charge in [-0.1, -0.05) is 24.3 Å². The normalized spacial score (nSPS) is 18.1. The van der Waals surface area contributed by atoms with Crippen LogP contribution in [0, 0.1) is 0 Å². The van der Waals surface area contributed by atoms with Crippen LogP contribution < -0.4 is 0 Å². The summed E-state index contributed by atoms with van der Waals surface area (Å²) in [6.07, 6.45) is 6.34. The van der Waals surface area contributed by atoms with Gasteiger partial charge in [-0.15, -0.1) is 0 Å². The largest absolute Gasteiger partial charge is 0.459 e. The van der Waals surface area contributed by atoms with Crippen molar-refractivity contribution in [3.05, 3.63) is 83.8 Å². The van der Waals surface area contributed by atoms with Crippen LogP contribution in [0.4, 0.5) is 0 Å². The molecule has 1 atom stereocenters. The van der Waals surface area contributed by atoms with E-state index in [0.717, 1.165) is 11.1 Å². The first-order valence-electron chi connectivity index (χ1n) is 10.9. The van der Waals surface area contributed by atoms with Crippen molar-refractivity contribution in [3.63, 3.8) is 0 Å². The Kier molecular flexibility index (Phi) is 5.60. The zero-order chi connectivity index (χ0) is 22.8. The van der Waals surface area contributed by atoms with Gasteiger partial charge in [-0.05, 0) is 23.3 Å². The lowest BCUT2D eigenvalue weighted by molar-refractivity contribution is -0.138. The standard InChI is InChI=1S/C24H23N5O4/c30-22(19-15-25-7-8-26-19)27-9-11-28(12-10-27)23(31)20-14-17-4-1-2-5-18(17)16-29(20)24(32)21-6-3-13-33-21/h1-8,13,15,20H,9-12,14,16H2. The maximum absolute atomic E-state index is 13.6. The van der Waals surface area contributed by atoms with Gasteiger partial charge in [0.1, 0.15) is 11.7 Å². The third kappa shape index (κ3) is 4.09. The molecule has 0 bridgehead atoms. The van der Waals surface area contributed by atoms with Crippen LogP contribution in [0.1, 0.15) is 32.2 Å². The van der Waals surface area contributed by atoms with E-state index in [9.17, 15) is 14.4 Å². The second kappa shape index (κ2) is 8.85. The number of hydrogen-bond acceptors (Lipinski definition) is 6. The van der Waals surface area contributed by atoms with E-state index in [1.807, 2.05) is 24.3 Å². The zero-order valence-corrected chi connectivity index (χ0v) is 18.0. The van der Waals surface area contributed by atoms with Crippen molar-refractivity contribution >= 4 is 17.7 Å². The fourth-order valence-corrected chi connectivity index (χ4v) is 4.41. The second-order valence-corrected chi connectivity index (χ2v) is 8.11. The van der Waals surface area contributed by atoms with Crippen LogP contribution in [0.5, 0.6) is 0 Å². The number of rotatable bonds is 3. The Morgan fingerprint density at radius 3 is 2.33 bits per heavy atom. The van der Waals surface area contributed by atoms with E-state index in [-0.39, 0.29) is 29.2 Å². The van der Waals surface area contributed by atoms with Gasteiger partial charge in [0.15, 0.2) is 5.76 Å². The minimum absolute atomic E-state index is 0.115. The minimum Gasteiger partial charge on any atom is -0.459 e. The fourth-order valence-electron chi connectivity index (χ4n) is 4.41. The predicted octanol–water partition coefficient (Wildman–Crippen LogP) is 1.62. The number of hydrogen-bond donors (Lipinski definition) is 0. The maximum Gasteiger partial charge on any atom is 0.290 e. The summed E-state index contributed by atoms with van der Waals surface area (Å²) in [7, 11) is 0. The molecule has 4 heterocycles. The molecule has 2 aliphatic rings. The average molecular weight is 445 g/mol. The number of carbonyl (C=O) groups excluding carboxylic acids is 3. The molecule has 168 valence electrons. The summed E-state index contributed by atoms with van der Waals surface area (Å²) in [5, 5.41) is 0. The molecule has 1 fully saturated rings. The molecule has 9 nitrogen and oxygen atoms in total. The van der Waals surface area contributed by atoms with Gasteiger partial charge < -0.3 is 19.1 Å².